The highest BCUT2D eigenvalue weighted by Crippen LogP contribution is 2.21. The summed E-state index contributed by atoms with van der Waals surface area (Å²) in [4.78, 5) is 0. The second-order valence-corrected chi connectivity index (χ2v) is 3.12. The van der Waals surface area contributed by atoms with E-state index >= 15 is 0 Å². The number of nitrogens with one attached hydrogen (secondary N) is 1. The van der Waals surface area contributed by atoms with Crippen LogP contribution >= 0.6 is 0 Å². The first kappa shape index (κ1) is 13.2. The molecule has 1 unspecified atom stereocenters. The number of hydrogen-bond acceptors (Lipinski definition) is 2. The number of nitriles is 1. The Morgan fingerprint density at radius 2 is 2.00 bits per heavy atom. The molecule has 14 heavy (non-hydrogen) atoms. The highest BCUT2D eigenvalue weighted by Gasteiger charge is 2.25. The maximum absolute atomic E-state index is 11.7. The highest BCUT2D eigenvalue weighted by molar-refractivity contribution is 4.87. The van der Waals surface area contributed by atoms with E-state index in [1.807, 2.05) is 13.0 Å². The van der Waals surface area contributed by atoms with E-state index in [1.165, 1.54) is 0 Å². The Morgan fingerprint density at radius 1 is 1.36 bits per heavy atom. The molecule has 1 atom stereocenters. The largest absolute Gasteiger partial charge is 0.389 e. The molecule has 0 fully saturated rings. The normalized spacial score (nSPS) is 13.6. The topological polar surface area (TPSA) is 35.8 Å². The molecule has 0 heterocycles. The summed E-state index contributed by atoms with van der Waals surface area (Å²) < 4.78 is 35.1. The van der Waals surface area contributed by atoms with Crippen molar-refractivity contribution in [3.8, 4) is 6.07 Å². The lowest BCUT2D eigenvalue weighted by Crippen LogP contribution is -2.27. The van der Waals surface area contributed by atoms with Crippen molar-refractivity contribution in [3.63, 3.8) is 0 Å². The zero-order valence-electron chi connectivity index (χ0n) is 8.19. The number of halogens is 3. The van der Waals surface area contributed by atoms with Crippen molar-refractivity contribution in [3.05, 3.63) is 0 Å². The van der Waals surface area contributed by atoms with Gasteiger partial charge in [0.1, 0.15) is 0 Å². The summed E-state index contributed by atoms with van der Waals surface area (Å²) >= 11 is 0. The molecule has 0 radical (unpaired) electrons. The molecule has 0 aliphatic rings. The second kappa shape index (κ2) is 6.66. The molecule has 0 aromatic carbocycles. The Balaban J connectivity index is 3.35. The SMILES string of the molecule is CCC(C#N)NCCCCC(F)(F)F. The van der Waals surface area contributed by atoms with Gasteiger partial charge in [0.25, 0.3) is 0 Å². The third kappa shape index (κ3) is 7.87. The van der Waals surface area contributed by atoms with Gasteiger partial charge in [0.05, 0.1) is 12.1 Å². The summed E-state index contributed by atoms with van der Waals surface area (Å²) in [5, 5.41) is 11.4. The average molecular weight is 208 g/mol. The van der Waals surface area contributed by atoms with Gasteiger partial charge in [-0.25, -0.2) is 0 Å². The van der Waals surface area contributed by atoms with Gasteiger partial charge in [0, 0.05) is 6.42 Å². The molecule has 0 saturated heterocycles. The van der Waals surface area contributed by atoms with Crippen LogP contribution in [0.1, 0.15) is 32.6 Å². The molecular formula is C9H15F3N2. The molecule has 0 amide bonds. The summed E-state index contributed by atoms with van der Waals surface area (Å²) in [5.74, 6) is 0. The summed E-state index contributed by atoms with van der Waals surface area (Å²) in [5.41, 5.74) is 0. The van der Waals surface area contributed by atoms with Crippen LogP contribution in [-0.4, -0.2) is 18.8 Å². The summed E-state index contributed by atoms with van der Waals surface area (Å²) in [7, 11) is 0. The molecule has 82 valence electrons. The molecule has 5 heteroatoms. The molecule has 0 saturated carbocycles. The fourth-order valence-electron chi connectivity index (χ4n) is 1.01. The van der Waals surface area contributed by atoms with Crippen LogP contribution in [0.3, 0.4) is 0 Å². The van der Waals surface area contributed by atoms with Crippen molar-refractivity contribution in [2.75, 3.05) is 6.54 Å². The molecule has 0 aliphatic heterocycles. The van der Waals surface area contributed by atoms with Crippen LogP contribution in [0.15, 0.2) is 0 Å². The molecule has 0 aromatic heterocycles. The van der Waals surface area contributed by atoms with Gasteiger partial charge >= 0.3 is 6.18 Å². The Morgan fingerprint density at radius 3 is 2.43 bits per heavy atom. The predicted molar refractivity (Wildman–Crippen MR) is 47.6 cm³/mol. The minimum Gasteiger partial charge on any atom is -0.302 e. The van der Waals surface area contributed by atoms with Crippen molar-refractivity contribution in [1.82, 2.24) is 5.32 Å². The maximum atomic E-state index is 11.7. The van der Waals surface area contributed by atoms with E-state index in [-0.39, 0.29) is 12.5 Å². The zero-order chi connectivity index (χ0) is 11.0. The van der Waals surface area contributed by atoms with Gasteiger partial charge < -0.3 is 5.32 Å². The first-order valence-corrected chi connectivity index (χ1v) is 4.69. The standard InChI is InChI=1S/C9H15F3N2/c1-2-8(7-13)14-6-4-3-5-9(10,11)12/h8,14H,2-6H2,1H3. The summed E-state index contributed by atoms with van der Waals surface area (Å²) in [6.45, 7) is 2.33. The Hall–Kier alpha value is -0.760. The fourth-order valence-corrected chi connectivity index (χ4v) is 1.01. The number of hydrogen-bond donors (Lipinski definition) is 1. The van der Waals surface area contributed by atoms with Crippen molar-refractivity contribution >= 4 is 0 Å². The molecule has 0 rings (SSSR count). The smallest absolute Gasteiger partial charge is 0.302 e. The van der Waals surface area contributed by atoms with Crippen LogP contribution in [0.4, 0.5) is 13.2 Å². The maximum Gasteiger partial charge on any atom is 0.389 e. The van der Waals surface area contributed by atoms with Crippen LogP contribution < -0.4 is 5.32 Å². The first-order chi connectivity index (χ1) is 6.49. The molecular weight excluding hydrogens is 193 g/mol. The quantitative estimate of drug-likeness (QED) is 0.681. The van der Waals surface area contributed by atoms with E-state index in [0.29, 0.717) is 19.4 Å². The van der Waals surface area contributed by atoms with E-state index in [0.717, 1.165) is 0 Å². The molecule has 1 N–H and O–H groups in total. The van der Waals surface area contributed by atoms with Crippen LogP contribution in [-0.2, 0) is 0 Å². The number of rotatable bonds is 6. The van der Waals surface area contributed by atoms with Gasteiger partial charge in [0.2, 0.25) is 0 Å². The lowest BCUT2D eigenvalue weighted by molar-refractivity contribution is -0.135. The third-order valence-corrected chi connectivity index (χ3v) is 1.84. The number of alkyl halides is 3. The first-order valence-electron chi connectivity index (χ1n) is 4.69. The van der Waals surface area contributed by atoms with Crippen LogP contribution in [0.25, 0.3) is 0 Å². The Labute approximate surface area is 82.1 Å². The van der Waals surface area contributed by atoms with Gasteiger partial charge in [-0.1, -0.05) is 6.92 Å². The van der Waals surface area contributed by atoms with E-state index < -0.39 is 12.6 Å². The molecule has 0 aliphatic carbocycles. The summed E-state index contributed by atoms with van der Waals surface area (Å²) in [6, 6.07) is 1.79. The summed E-state index contributed by atoms with van der Waals surface area (Å²) in [6.07, 6.45) is -3.54. The van der Waals surface area contributed by atoms with Gasteiger partial charge in [-0.2, -0.15) is 18.4 Å². The van der Waals surface area contributed by atoms with Crippen LogP contribution in [0.5, 0.6) is 0 Å². The van der Waals surface area contributed by atoms with Crippen molar-refractivity contribution in [1.29, 1.82) is 5.26 Å². The third-order valence-electron chi connectivity index (χ3n) is 1.84. The minimum atomic E-state index is -4.06. The molecule has 0 aromatic rings. The Kier molecular flexibility index (Phi) is 6.30. The minimum absolute atomic E-state index is 0.123. The fraction of sp³-hybridized carbons (Fsp3) is 0.889. The molecule has 0 bridgehead atoms. The highest BCUT2D eigenvalue weighted by atomic mass is 19.4. The van der Waals surface area contributed by atoms with E-state index in [2.05, 4.69) is 5.32 Å². The van der Waals surface area contributed by atoms with Crippen molar-refractivity contribution < 1.29 is 13.2 Å². The van der Waals surface area contributed by atoms with Gasteiger partial charge in [0.15, 0.2) is 0 Å². The van der Waals surface area contributed by atoms with Crippen LogP contribution in [0, 0.1) is 11.3 Å². The second-order valence-electron chi connectivity index (χ2n) is 3.12. The Bertz CT molecular complexity index is 183. The number of nitrogens with zero attached hydrogens (tertiary/aromatic N) is 1. The van der Waals surface area contributed by atoms with Gasteiger partial charge in [-0.05, 0) is 25.8 Å². The lowest BCUT2D eigenvalue weighted by Gasteiger charge is -2.09. The van der Waals surface area contributed by atoms with E-state index in [4.69, 9.17) is 5.26 Å². The monoisotopic (exact) mass is 208 g/mol. The zero-order valence-corrected chi connectivity index (χ0v) is 8.19. The number of unbranched alkanes of at least 4 members (excludes halogenated alkanes) is 1. The van der Waals surface area contributed by atoms with E-state index in [1.54, 1.807) is 0 Å². The lowest BCUT2D eigenvalue weighted by atomic mass is 10.2. The van der Waals surface area contributed by atoms with Gasteiger partial charge in [-0.15, -0.1) is 0 Å². The average Bonchev–Trinajstić information content (AvgIpc) is 2.09. The van der Waals surface area contributed by atoms with E-state index in [9.17, 15) is 13.2 Å². The molecule has 2 nitrogen and oxygen atoms in total. The van der Waals surface area contributed by atoms with Crippen LogP contribution in [0.2, 0.25) is 0 Å². The van der Waals surface area contributed by atoms with Gasteiger partial charge in [-0.3, -0.25) is 0 Å². The van der Waals surface area contributed by atoms with Crippen molar-refractivity contribution in [2.45, 2.75) is 44.8 Å². The van der Waals surface area contributed by atoms with Crippen molar-refractivity contribution in [2.24, 2.45) is 0 Å². The molecule has 0 spiro atoms. The predicted octanol–water partition coefficient (Wildman–Crippen LogP) is 2.61.